The number of ether oxygens (including phenoxy) is 5. The van der Waals surface area contributed by atoms with Crippen molar-refractivity contribution in [3.63, 3.8) is 0 Å². The predicted octanol–water partition coefficient (Wildman–Crippen LogP) is 2.60. The highest BCUT2D eigenvalue weighted by atomic mass is 16.5. The number of nitrogens with zero attached hydrogens (tertiary/aromatic N) is 3. The Labute approximate surface area is 237 Å². The third kappa shape index (κ3) is 9.85. The van der Waals surface area contributed by atoms with Gasteiger partial charge in [0.15, 0.2) is 11.5 Å². The van der Waals surface area contributed by atoms with E-state index in [-0.39, 0.29) is 30.8 Å². The summed E-state index contributed by atoms with van der Waals surface area (Å²) in [6, 6.07) is 3.20. The number of carbonyl (C=O) groups is 3. The molecule has 2 heterocycles. The van der Waals surface area contributed by atoms with E-state index < -0.39 is 5.97 Å². The zero-order chi connectivity index (χ0) is 28.9. The van der Waals surface area contributed by atoms with Crippen molar-refractivity contribution in [1.82, 2.24) is 14.7 Å². The van der Waals surface area contributed by atoms with Crippen LogP contribution in [0.15, 0.2) is 12.1 Å². The molecule has 0 saturated carbocycles. The quantitative estimate of drug-likeness (QED) is 0.480. The Bertz CT molecular complexity index is 986. The average molecular weight is 564 g/mol. The average Bonchev–Trinajstić information content (AvgIpc) is 3.18. The lowest BCUT2D eigenvalue weighted by Gasteiger charge is -2.24. The maximum Gasteiger partial charge on any atom is 0.338 e. The first-order valence-corrected chi connectivity index (χ1v) is 14.2. The highest BCUT2D eigenvalue weighted by Gasteiger charge is 2.22. The van der Waals surface area contributed by atoms with Gasteiger partial charge in [-0.1, -0.05) is 0 Å². The number of cyclic esters (lactones) is 1. The minimum absolute atomic E-state index is 0.0581. The molecule has 0 radical (unpaired) electrons. The van der Waals surface area contributed by atoms with Gasteiger partial charge in [0, 0.05) is 46.7 Å². The normalized spacial score (nSPS) is 22.8. The summed E-state index contributed by atoms with van der Waals surface area (Å²) in [5, 5.41) is 0. The summed E-state index contributed by atoms with van der Waals surface area (Å²) in [5.74, 6) is 0.256. The molecule has 2 aliphatic rings. The van der Waals surface area contributed by atoms with Crippen molar-refractivity contribution in [2.24, 2.45) is 0 Å². The lowest BCUT2D eigenvalue weighted by atomic mass is 10.1. The largest absolute Gasteiger partial charge is 0.493 e. The van der Waals surface area contributed by atoms with Crippen LogP contribution in [0.2, 0.25) is 0 Å². The van der Waals surface area contributed by atoms with Crippen LogP contribution < -0.4 is 14.2 Å². The molecule has 1 aromatic rings. The lowest BCUT2D eigenvalue weighted by molar-refractivity contribution is -0.151. The van der Waals surface area contributed by atoms with E-state index in [1.807, 2.05) is 0 Å². The number of fused-ring (bicyclic) bond motifs is 5. The van der Waals surface area contributed by atoms with Gasteiger partial charge in [-0.05, 0) is 57.3 Å². The van der Waals surface area contributed by atoms with E-state index >= 15 is 0 Å². The number of rotatable bonds is 6. The van der Waals surface area contributed by atoms with E-state index in [1.54, 1.807) is 26.2 Å². The first kappa shape index (κ1) is 31.5. The van der Waals surface area contributed by atoms with E-state index in [1.165, 1.54) is 19.1 Å². The van der Waals surface area contributed by atoms with Gasteiger partial charge in [0.25, 0.3) is 0 Å². The topological polar surface area (TPSA) is 107 Å². The van der Waals surface area contributed by atoms with Gasteiger partial charge in [-0.2, -0.15) is 0 Å². The van der Waals surface area contributed by atoms with Crippen LogP contribution in [0.25, 0.3) is 0 Å². The standard InChI is InChI=1S/C29H45N3O8/c1-30(2)26(33)9-10-27(34)40-23-8-5-18-38-25-21-22(20-24(36-3)28(25)37-4)29(35)39-19-7-14-31-12-6-13-32(15-11-23)17-16-31/h20-21,23H,5-19H2,1-4H3. The molecule has 11 heteroatoms. The molecular weight excluding hydrogens is 518 g/mol. The van der Waals surface area contributed by atoms with Gasteiger partial charge >= 0.3 is 11.9 Å². The summed E-state index contributed by atoms with van der Waals surface area (Å²) in [7, 11) is 6.37. The van der Waals surface area contributed by atoms with Crippen molar-refractivity contribution < 1.29 is 38.1 Å². The minimum atomic E-state index is -0.439. The highest BCUT2D eigenvalue weighted by molar-refractivity contribution is 5.91. The van der Waals surface area contributed by atoms with Crippen LogP contribution in [0, 0.1) is 0 Å². The first-order valence-electron chi connectivity index (χ1n) is 14.2. The van der Waals surface area contributed by atoms with E-state index in [9.17, 15) is 14.4 Å². The van der Waals surface area contributed by atoms with Crippen LogP contribution >= 0.6 is 0 Å². The van der Waals surface area contributed by atoms with Crippen LogP contribution in [-0.2, 0) is 19.1 Å². The number of methoxy groups -OCH3 is 2. The number of benzene rings is 1. The van der Waals surface area contributed by atoms with Crippen LogP contribution in [0.3, 0.4) is 0 Å². The van der Waals surface area contributed by atoms with Crippen molar-refractivity contribution in [3.8, 4) is 17.2 Å². The SMILES string of the molecule is COc1cc2cc(c1OC)OCCCC(OC(=O)CCC(=O)N(C)C)CCN1CCCN(CCCOC2=O)CC1. The van der Waals surface area contributed by atoms with Gasteiger partial charge in [0.05, 0.1) is 39.4 Å². The van der Waals surface area contributed by atoms with Crippen molar-refractivity contribution in [1.29, 1.82) is 0 Å². The minimum Gasteiger partial charge on any atom is -0.493 e. The zero-order valence-electron chi connectivity index (χ0n) is 24.4. The molecule has 11 nitrogen and oxygen atoms in total. The molecular formula is C29H45N3O8. The van der Waals surface area contributed by atoms with Crippen molar-refractivity contribution in [2.45, 2.75) is 51.0 Å². The third-order valence-corrected chi connectivity index (χ3v) is 7.25. The Morgan fingerprint density at radius 1 is 0.875 bits per heavy atom. The van der Waals surface area contributed by atoms with Gasteiger partial charge in [0.1, 0.15) is 6.10 Å². The molecule has 1 amide bonds. The Kier molecular flexibility index (Phi) is 12.8. The van der Waals surface area contributed by atoms with E-state index in [0.717, 1.165) is 52.1 Å². The molecule has 1 aromatic carbocycles. The lowest BCUT2D eigenvalue weighted by Crippen LogP contribution is -2.34. The fourth-order valence-electron chi connectivity index (χ4n) is 4.92. The second-order valence-electron chi connectivity index (χ2n) is 10.4. The van der Waals surface area contributed by atoms with Crippen LogP contribution in [0.1, 0.15) is 55.3 Å². The van der Waals surface area contributed by atoms with Gasteiger partial charge in [-0.3, -0.25) is 9.59 Å². The summed E-state index contributed by atoms with van der Waals surface area (Å²) >= 11 is 0. The molecule has 3 rings (SSSR count). The summed E-state index contributed by atoms with van der Waals surface area (Å²) in [6.07, 6.45) is 3.63. The zero-order valence-corrected chi connectivity index (χ0v) is 24.4. The fraction of sp³-hybridized carbons (Fsp3) is 0.690. The summed E-state index contributed by atoms with van der Waals surface area (Å²) in [4.78, 5) is 43.6. The first-order chi connectivity index (χ1) is 19.3. The van der Waals surface area contributed by atoms with Gasteiger partial charge in [-0.15, -0.1) is 0 Å². The molecule has 2 aliphatic heterocycles. The number of amides is 1. The number of hydrogen-bond donors (Lipinski definition) is 0. The van der Waals surface area contributed by atoms with Crippen LogP contribution in [-0.4, -0.2) is 119 Å². The molecule has 0 spiro atoms. The fourth-order valence-corrected chi connectivity index (χ4v) is 4.92. The van der Waals surface area contributed by atoms with Crippen LogP contribution in [0.4, 0.5) is 0 Å². The molecule has 1 fully saturated rings. The Balaban J connectivity index is 1.73. The number of esters is 2. The molecule has 0 aliphatic carbocycles. The molecule has 0 N–H and O–H groups in total. The van der Waals surface area contributed by atoms with Crippen molar-refractivity contribution in [3.05, 3.63) is 17.7 Å². The molecule has 3 unspecified atom stereocenters. The predicted molar refractivity (Wildman–Crippen MR) is 149 cm³/mol. The highest BCUT2D eigenvalue weighted by Crippen LogP contribution is 2.38. The smallest absolute Gasteiger partial charge is 0.338 e. The van der Waals surface area contributed by atoms with Gasteiger partial charge in [0.2, 0.25) is 11.7 Å². The number of carbonyl (C=O) groups excluding carboxylic acids is 3. The second-order valence-corrected chi connectivity index (χ2v) is 10.4. The monoisotopic (exact) mass is 563 g/mol. The van der Waals surface area contributed by atoms with Crippen molar-refractivity contribution in [2.75, 3.05) is 80.8 Å². The van der Waals surface area contributed by atoms with Crippen LogP contribution in [0.5, 0.6) is 17.2 Å². The summed E-state index contributed by atoms with van der Waals surface area (Å²) < 4.78 is 28.4. The van der Waals surface area contributed by atoms with Gasteiger partial charge < -0.3 is 38.4 Å². The Hall–Kier alpha value is -3.05. The Morgan fingerprint density at radius 3 is 2.27 bits per heavy atom. The van der Waals surface area contributed by atoms with E-state index in [4.69, 9.17) is 23.7 Å². The maximum atomic E-state index is 12.8. The van der Waals surface area contributed by atoms with E-state index in [0.29, 0.717) is 55.3 Å². The molecule has 40 heavy (non-hydrogen) atoms. The molecule has 0 aromatic heterocycles. The molecule has 224 valence electrons. The summed E-state index contributed by atoms with van der Waals surface area (Å²) in [5.41, 5.74) is 0.329. The number of hydrogen-bond acceptors (Lipinski definition) is 10. The Morgan fingerprint density at radius 2 is 1.57 bits per heavy atom. The molecule has 3 atom stereocenters. The summed E-state index contributed by atoms with van der Waals surface area (Å²) in [6.45, 7) is 6.20. The molecule has 4 bridgehead atoms. The third-order valence-electron chi connectivity index (χ3n) is 7.25. The van der Waals surface area contributed by atoms with Crippen molar-refractivity contribution >= 4 is 17.8 Å². The molecule has 1 saturated heterocycles. The second kappa shape index (κ2) is 16.3. The van der Waals surface area contributed by atoms with E-state index in [2.05, 4.69) is 9.80 Å². The maximum absolute atomic E-state index is 12.8. The van der Waals surface area contributed by atoms with Gasteiger partial charge in [-0.25, -0.2) is 4.79 Å².